The molecule has 4 rings (SSSR count). The summed E-state index contributed by atoms with van der Waals surface area (Å²) in [5.41, 5.74) is 1.20. The van der Waals surface area contributed by atoms with E-state index in [9.17, 15) is 24.3 Å². The molecule has 0 saturated carbocycles. The van der Waals surface area contributed by atoms with Gasteiger partial charge in [0, 0.05) is 6.92 Å². The number of phenols is 1. The van der Waals surface area contributed by atoms with E-state index in [0.29, 0.717) is 17.8 Å². The lowest BCUT2D eigenvalue weighted by Crippen LogP contribution is -2.41. The van der Waals surface area contributed by atoms with Gasteiger partial charge in [-0.25, -0.2) is 14.8 Å². The largest absolute Gasteiger partial charge is 0.508 e. The molecule has 1 aliphatic heterocycles. The number of hydrazine groups is 1. The number of esters is 1. The molecule has 0 aliphatic carbocycles. The van der Waals surface area contributed by atoms with Gasteiger partial charge in [0.25, 0.3) is 11.8 Å². The van der Waals surface area contributed by atoms with Gasteiger partial charge in [0.15, 0.2) is 0 Å². The standard InChI is InChI=1S/C19H20N2O3.C9H8O4/c1-2-3-9-17-18(23)20(14-7-5-4-6-8-14)21(19(17)24)15-10-12-16(22)13-11-15;1-6(10)13-8-5-3-2-4-7(8)9(11)12/h4-8,10-13,17,22H,2-3,9H2,1H3;2-5H,1H3,(H,11,12). The summed E-state index contributed by atoms with van der Waals surface area (Å²) in [4.78, 5) is 47.0. The summed E-state index contributed by atoms with van der Waals surface area (Å²) < 4.78 is 4.69. The van der Waals surface area contributed by atoms with Gasteiger partial charge >= 0.3 is 11.9 Å². The third-order valence-corrected chi connectivity index (χ3v) is 5.53. The number of carbonyl (C=O) groups is 4. The Labute approximate surface area is 214 Å². The van der Waals surface area contributed by atoms with Crippen molar-refractivity contribution in [1.29, 1.82) is 0 Å². The van der Waals surface area contributed by atoms with Crippen LogP contribution in [0.25, 0.3) is 0 Å². The Hall–Kier alpha value is -4.66. The Balaban J connectivity index is 0.000000248. The van der Waals surface area contributed by atoms with Gasteiger partial charge in [-0.05, 0) is 55.0 Å². The Bertz CT molecular complexity index is 1260. The van der Waals surface area contributed by atoms with Crippen LogP contribution in [0.3, 0.4) is 0 Å². The third kappa shape index (κ3) is 6.52. The second-order valence-corrected chi connectivity index (χ2v) is 8.24. The van der Waals surface area contributed by atoms with E-state index >= 15 is 0 Å². The van der Waals surface area contributed by atoms with Gasteiger partial charge in [0.05, 0.1) is 11.4 Å². The van der Waals surface area contributed by atoms with Gasteiger partial charge in [-0.2, -0.15) is 0 Å². The summed E-state index contributed by atoms with van der Waals surface area (Å²) in [7, 11) is 0. The number of carboxylic acid groups (broad SMARTS) is 1. The van der Waals surface area contributed by atoms with Crippen LogP contribution in [0.5, 0.6) is 11.5 Å². The second-order valence-electron chi connectivity index (χ2n) is 8.24. The predicted octanol–water partition coefficient (Wildman–Crippen LogP) is 4.80. The highest BCUT2D eigenvalue weighted by Gasteiger charge is 2.46. The summed E-state index contributed by atoms with van der Waals surface area (Å²) in [5.74, 6) is -2.53. The zero-order valence-corrected chi connectivity index (χ0v) is 20.5. The van der Waals surface area contributed by atoms with Crippen LogP contribution in [0.4, 0.5) is 11.4 Å². The number of rotatable bonds is 7. The zero-order valence-electron chi connectivity index (χ0n) is 20.5. The monoisotopic (exact) mass is 504 g/mol. The Morgan fingerprint density at radius 1 is 0.838 bits per heavy atom. The smallest absolute Gasteiger partial charge is 0.339 e. The number of amides is 2. The van der Waals surface area contributed by atoms with Gasteiger partial charge in [0.1, 0.15) is 23.0 Å². The first-order valence-corrected chi connectivity index (χ1v) is 11.8. The molecule has 1 saturated heterocycles. The maximum absolute atomic E-state index is 12.9. The summed E-state index contributed by atoms with van der Waals surface area (Å²) in [6.07, 6.45) is 2.31. The maximum atomic E-state index is 12.9. The molecule has 192 valence electrons. The molecule has 3 aromatic carbocycles. The number of ether oxygens (including phenoxy) is 1. The number of unbranched alkanes of at least 4 members (excludes halogenated alkanes) is 1. The number of carbonyl (C=O) groups excluding carboxylic acids is 3. The number of phenolic OH excluding ortho intramolecular Hbond substituents is 1. The van der Waals surface area contributed by atoms with Crippen molar-refractivity contribution < 1.29 is 34.1 Å². The van der Waals surface area contributed by atoms with Crippen LogP contribution in [0.2, 0.25) is 0 Å². The number of para-hydroxylation sites is 2. The molecule has 1 atom stereocenters. The molecule has 1 fully saturated rings. The number of hydrogen-bond acceptors (Lipinski definition) is 6. The second kappa shape index (κ2) is 12.3. The Morgan fingerprint density at radius 2 is 1.38 bits per heavy atom. The van der Waals surface area contributed by atoms with E-state index in [1.807, 2.05) is 25.1 Å². The van der Waals surface area contributed by atoms with Crippen LogP contribution in [0.1, 0.15) is 43.5 Å². The lowest BCUT2D eigenvalue weighted by atomic mass is 10.0. The zero-order chi connectivity index (χ0) is 26.9. The Morgan fingerprint density at radius 3 is 1.92 bits per heavy atom. The molecule has 0 radical (unpaired) electrons. The van der Waals surface area contributed by atoms with Crippen LogP contribution >= 0.6 is 0 Å². The topological polar surface area (TPSA) is 124 Å². The number of nitrogens with zero attached hydrogens (tertiary/aromatic N) is 2. The molecule has 9 heteroatoms. The van der Waals surface area contributed by atoms with Crippen molar-refractivity contribution >= 4 is 35.1 Å². The van der Waals surface area contributed by atoms with Crippen molar-refractivity contribution in [1.82, 2.24) is 0 Å². The van der Waals surface area contributed by atoms with E-state index < -0.39 is 17.9 Å². The fourth-order valence-electron chi connectivity index (χ4n) is 3.79. The minimum Gasteiger partial charge on any atom is -0.508 e. The molecule has 3 aromatic rings. The highest BCUT2D eigenvalue weighted by Crippen LogP contribution is 2.34. The van der Waals surface area contributed by atoms with E-state index in [-0.39, 0.29) is 28.9 Å². The van der Waals surface area contributed by atoms with Crippen molar-refractivity contribution in [3.05, 3.63) is 84.4 Å². The number of hydrogen-bond donors (Lipinski definition) is 2. The average Bonchev–Trinajstić information content (AvgIpc) is 3.13. The van der Waals surface area contributed by atoms with Gasteiger partial charge in [0.2, 0.25) is 0 Å². The Kier molecular flexibility index (Phi) is 8.99. The van der Waals surface area contributed by atoms with Gasteiger partial charge in [-0.3, -0.25) is 14.4 Å². The minimum absolute atomic E-state index is 0.0160. The summed E-state index contributed by atoms with van der Waals surface area (Å²) in [5, 5.41) is 21.0. The first kappa shape index (κ1) is 26.9. The van der Waals surface area contributed by atoms with Crippen LogP contribution in [-0.2, 0) is 14.4 Å². The molecule has 0 bridgehead atoms. The molecule has 2 N–H and O–H groups in total. The van der Waals surface area contributed by atoms with E-state index in [1.165, 1.54) is 41.2 Å². The molecule has 9 nitrogen and oxygen atoms in total. The highest BCUT2D eigenvalue weighted by atomic mass is 16.5. The van der Waals surface area contributed by atoms with Crippen molar-refractivity contribution in [2.75, 3.05) is 10.0 Å². The lowest BCUT2D eigenvalue weighted by molar-refractivity contribution is -0.132. The molecule has 1 heterocycles. The average molecular weight is 505 g/mol. The summed E-state index contributed by atoms with van der Waals surface area (Å²) in [6, 6.07) is 21.4. The molecular weight excluding hydrogens is 476 g/mol. The molecule has 1 aliphatic rings. The lowest BCUT2D eigenvalue weighted by Gasteiger charge is -2.27. The first-order chi connectivity index (χ1) is 17.7. The third-order valence-electron chi connectivity index (χ3n) is 5.53. The maximum Gasteiger partial charge on any atom is 0.339 e. The van der Waals surface area contributed by atoms with Crippen LogP contribution in [-0.4, -0.2) is 34.0 Å². The van der Waals surface area contributed by atoms with Crippen LogP contribution in [0, 0.1) is 5.92 Å². The SMILES string of the molecule is CC(=O)Oc1ccccc1C(=O)O.CCCCC1C(=O)N(c2ccccc2)N(c2ccc(O)cc2)C1=O. The molecule has 0 spiro atoms. The quantitative estimate of drug-likeness (QED) is 0.269. The highest BCUT2D eigenvalue weighted by molar-refractivity contribution is 6.23. The van der Waals surface area contributed by atoms with Gasteiger partial charge < -0.3 is 14.9 Å². The van der Waals surface area contributed by atoms with Gasteiger partial charge in [-0.15, -0.1) is 0 Å². The van der Waals surface area contributed by atoms with Crippen LogP contribution < -0.4 is 14.8 Å². The van der Waals surface area contributed by atoms with Crippen molar-refractivity contribution in [3.8, 4) is 11.5 Å². The number of anilines is 2. The number of aromatic hydroxyl groups is 1. The van der Waals surface area contributed by atoms with E-state index in [1.54, 1.807) is 36.4 Å². The fourth-order valence-corrected chi connectivity index (χ4v) is 3.79. The summed E-state index contributed by atoms with van der Waals surface area (Å²) in [6.45, 7) is 3.26. The molecule has 1 unspecified atom stereocenters. The number of carboxylic acids is 1. The number of benzene rings is 3. The molecule has 2 amide bonds. The van der Waals surface area contributed by atoms with E-state index in [2.05, 4.69) is 4.74 Å². The minimum atomic E-state index is -1.11. The van der Waals surface area contributed by atoms with E-state index in [0.717, 1.165) is 12.8 Å². The van der Waals surface area contributed by atoms with Crippen molar-refractivity contribution in [3.63, 3.8) is 0 Å². The van der Waals surface area contributed by atoms with Crippen molar-refractivity contribution in [2.24, 2.45) is 5.92 Å². The fraction of sp³-hybridized carbons (Fsp3) is 0.214. The molecule has 37 heavy (non-hydrogen) atoms. The number of aromatic carboxylic acids is 1. The predicted molar refractivity (Wildman–Crippen MR) is 137 cm³/mol. The van der Waals surface area contributed by atoms with E-state index in [4.69, 9.17) is 5.11 Å². The van der Waals surface area contributed by atoms with Crippen LogP contribution in [0.15, 0.2) is 78.9 Å². The van der Waals surface area contributed by atoms with Gasteiger partial charge in [-0.1, -0.05) is 50.1 Å². The van der Waals surface area contributed by atoms with Crippen molar-refractivity contribution in [2.45, 2.75) is 33.1 Å². The summed E-state index contributed by atoms with van der Waals surface area (Å²) >= 11 is 0. The molecular formula is C28H28N2O7. The normalized spacial score (nSPS) is 14.7. The first-order valence-electron chi connectivity index (χ1n) is 11.8. The molecule has 0 aromatic heterocycles.